The number of thiazole rings is 1. The first kappa shape index (κ1) is 20.0. The minimum Gasteiger partial charge on any atom is -0.463 e. The van der Waals surface area contributed by atoms with Crippen molar-refractivity contribution in [1.29, 1.82) is 0 Å². The molecule has 0 spiro atoms. The highest BCUT2D eigenvalue weighted by atomic mass is 35.5. The number of nitrogens with zero attached hydrogens (tertiary/aromatic N) is 3. The first-order chi connectivity index (χ1) is 15.0. The predicted molar refractivity (Wildman–Crippen MR) is 122 cm³/mol. The number of hydrogen-bond acceptors (Lipinski definition) is 5. The van der Waals surface area contributed by atoms with Crippen molar-refractivity contribution in [3.63, 3.8) is 0 Å². The number of nitrogens with one attached hydrogen (secondary N) is 1. The second-order valence-electron chi connectivity index (χ2n) is 7.83. The zero-order valence-corrected chi connectivity index (χ0v) is 18.5. The van der Waals surface area contributed by atoms with Gasteiger partial charge in [0.25, 0.3) is 0 Å². The van der Waals surface area contributed by atoms with E-state index < -0.39 is 5.41 Å². The van der Waals surface area contributed by atoms with Crippen LogP contribution in [0.25, 0.3) is 16.6 Å². The number of furan rings is 1. The molecule has 1 fully saturated rings. The fourth-order valence-corrected chi connectivity index (χ4v) is 5.17. The Bertz CT molecular complexity index is 1200. The molecule has 0 radical (unpaired) electrons. The quantitative estimate of drug-likeness (QED) is 0.403. The summed E-state index contributed by atoms with van der Waals surface area (Å²) in [5, 5.41) is 11.0. The molecule has 0 saturated heterocycles. The van der Waals surface area contributed by atoms with Crippen LogP contribution in [0.4, 0.5) is 5.82 Å². The summed E-state index contributed by atoms with van der Waals surface area (Å²) in [4.78, 5) is 18.2. The van der Waals surface area contributed by atoms with Crippen LogP contribution in [-0.4, -0.2) is 20.7 Å². The molecule has 1 saturated carbocycles. The number of aryl methyl sites for hydroxylation is 1. The molecule has 4 aromatic rings. The molecule has 1 aromatic carbocycles. The van der Waals surface area contributed by atoms with E-state index in [1.54, 1.807) is 10.9 Å². The van der Waals surface area contributed by atoms with Crippen molar-refractivity contribution < 1.29 is 9.21 Å². The van der Waals surface area contributed by atoms with Gasteiger partial charge in [-0.2, -0.15) is 9.78 Å². The lowest BCUT2D eigenvalue weighted by Gasteiger charge is -2.28. The molecule has 31 heavy (non-hydrogen) atoms. The number of halogens is 1. The summed E-state index contributed by atoms with van der Waals surface area (Å²) in [6.07, 6.45) is 5.29. The third kappa shape index (κ3) is 3.68. The molecule has 3 aromatic heterocycles. The van der Waals surface area contributed by atoms with E-state index >= 15 is 0 Å². The maximum Gasteiger partial charge on any atom is 0.236 e. The van der Waals surface area contributed by atoms with E-state index in [1.165, 1.54) is 11.3 Å². The van der Waals surface area contributed by atoms with Crippen molar-refractivity contribution in [1.82, 2.24) is 14.8 Å². The molecule has 1 N–H and O–H groups in total. The molecule has 0 unspecified atom stereocenters. The highest BCUT2D eigenvalue weighted by Crippen LogP contribution is 2.42. The van der Waals surface area contributed by atoms with Crippen LogP contribution in [0, 0.1) is 6.92 Å². The summed E-state index contributed by atoms with van der Waals surface area (Å²) >= 11 is 7.53. The normalized spacial score (nSPS) is 15.3. The maximum absolute atomic E-state index is 13.6. The fraction of sp³-hybridized carbons (Fsp3) is 0.261. The first-order valence-electron chi connectivity index (χ1n) is 10.2. The second-order valence-corrected chi connectivity index (χ2v) is 9.10. The number of benzene rings is 1. The van der Waals surface area contributed by atoms with Crippen molar-refractivity contribution in [3.8, 4) is 16.6 Å². The van der Waals surface area contributed by atoms with Crippen molar-refractivity contribution in [2.75, 3.05) is 5.32 Å². The summed E-state index contributed by atoms with van der Waals surface area (Å²) in [6.45, 7) is 1.90. The van der Waals surface area contributed by atoms with Crippen LogP contribution in [-0.2, 0) is 10.2 Å². The average Bonchev–Trinajstić information content (AvgIpc) is 3.55. The highest BCUT2D eigenvalue weighted by molar-refractivity contribution is 7.12. The van der Waals surface area contributed by atoms with Crippen LogP contribution < -0.4 is 5.32 Å². The molecular formula is C23H21ClN4O2S. The zero-order valence-electron chi connectivity index (χ0n) is 17.0. The van der Waals surface area contributed by atoms with Gasteiger partial charge in [-0.15, -0.1) is 11.3 Å². The van der Waals surface area contributed by atoms with Crippen LogP contribution in [0.3, 0.4) is 0 Å². The van der Waals surface area contributed by atoms with E-state index in [1.807, 2.05) is 54.8 Å². The van der Waals surface area contributed by atoms with Crippen LogP contribution in [0.1, 0.15) is 36.9 Å². The van der Waals surface area contributed by atoms with E-state index in [0.717, 1.165) is 42.6 Å². The molecule has 0 aliphatic heterocycles. The molecule has 6 nitrogen and oxygen atoms in total. The van der Waals surface area contributed by atoms with Gasteiger partial charge in [0.2, 0.25) is 11.0 Å². The minimum absolute atomic E-state index is 0.0173. The van der Waals surface area contributed by atoms with Crippen LogP contribution in [0.5, 0.6) is 0 Å². The van der Waals surface area contributed by atoms with Gasteiger partial charge in [-0.1, -0.05) is 36.6 Å². The largest absolute Gasteiger partial charge is 0.463 e. The standard InChI is InChI=1S/C23H21ClN4O2S/c1-15-13-20(28(27-15)22-25-18(14-31-22)19-5-4-12-30-19)26-21(29)23(10-2-3-11-23)16-6-8-17(24)9-7-16/h4-9,12-14H,2-3,10-11H2,1H3,(H,26,29). The number of carbonyl (C=O) groups is 1. The van der Waals surface area contributed by atoms with E-state index in [4.69, 9.17) is 16.0 Å². The third-order valence-electron chi connectivity index (χ3n) is 5.81. The number of amides is 1. The lowest BCUT2D eigenvalue weighted by molar-refractivity contribution is -0.121. The van der Waals surface area contributed by atoms with Gasteiger partial charge in [-0.25, -0.2) is 4.98 Å². The second kappa shape index (κ2) is 7.98. The third-order valence-corrected chi connectivity index (χ3v) is 6.88. The predicted octanol–water partition coefficient (Wildman–Crippen LogP) is 6.00. The lowest BCUT2D eigenvalue weighted by atomic mass is 9.78. The number of anilines is 1. The van der Waals surface area contributed by atoms with Crippen molar-refractivity contribution >= 4 is 34.7 Å². The van der Waals surface area contributed by atoms with Gasteiger partial charge in [-0.3, -0.25) is 4.79 Å². The van der Waals surface area contributed by atoms with Crippen LogP contribution in [0.2, 0.25) is 5.02 Å². The molecule has 5 rings (SSSR count). The van der Waals surface area contributed by atoms with Gasteiger partial charge in [-0.05, 0) is 49.6 Å². The van der Waals surface area contributed by atoms with Gasteiger partial charge in [0, 0.05) is 16.5 Å². The molecule has 0 atom stereocenters. The van der Waals surface area contributed by atoms with Gasteiger partial charge < -0.3 is 9.73 Å². The summed E-state index contributed by atoms with van der Waals surface area (Å²) in [5.41, 5.74) is 1.99. The summed E-state index contributed by atoms with van der Waals surface area (Å²) in [7, 11) is 0. The van der Waals surface area contributed by atoms with Crippen molar-refractivity contribution in [3.05, 3.63) is 70.4 Å². The van der Waals surface area contributed by atoms with Crippen molar-refractivity contribution in [2.24, 2.45) is 0 Å². The molecule has 158 valence electrons. The van der Waals surface area contributed by atoms with Crippen molar-refractivity contribution in [2.45, 2.75) is 38.0 Å². The van der Waals surface area contributed by atoms with Gasteiger partial charge in [0.1, 0.15) is 11.5 Å². The molecule has 1 aliphatic rings. The Morgan fingerprint density at radius 2 is 2.00 bits per heavy atom. The first-order valence-corrected chi connectivity index (χ1v) is 11.4. The van der Waals surface area contributed by atoms with E-state index in [0.29, 0.717) is 21.7 Å². The lowest BCUT2D eigenvalue weighted by Crippen LogP contribution is -2.38. The minimum atomic E-state index is -0.560. The van der Waals surface area contributed by atoms with Gasteiger partial charge in [0.15, 0.2) is 5.76 Å². The zero-order chi connectivity index (χ0) is 21.4. The number of hydrogen-bond donors (Lipinski definition) is 1. The van der Waals surface area contributed by atoms with E-state index in [9.17, 15) is 4.79 Å². The summed E-state index contributed by atoms with van der Waals surface area (Å²) in [5.74, 6) is 1.30. The number of carbonyl (C=O) groups excluding carboxylic acids is 1. The molecule has 3 heterocycles. The molecule has 1 amide bonds. The Hall–Kier alpha value is -2.90. The Balaban J connectivity index is 1.46. The van der Waals surface area contributed by atoms with Crippen LogP contribution >= 0.6 is 22.9 Å². The monoisotopic (exact) mass is 452 g/mol. The molecular weight excluding hydrogens is 432 g/mol. The topological polar surface area (TPSA) is 73.0 Å². The Labute approximate surface area is 188 Å². The summed E-state index contributed by atoms with van der Waals surface area (Å²) in [6, 6.07) is 13.2. The number of rotatable bonds is 5. The molecule has 1 aliphatic carbocycles. The van der Waals surface area contributed by atoms with Gasteiger partial charge in [0.05, 0.1) is 17.4 Å². The maximum atomic E-state index is 13.6. The Morgan fingerprint density at radius 1 is 1.23 bits per heavy atom. The Morgan fingerprint density at radius 3 is 2.71 bits per heavy atom. The van der Waals surface area contributed by atoms with Gasteiger partial charge >= 0.3 is 0 Å². The van der Waals surface area contributed by atoms with Crippen LogP contribution in [0.15, 0.2) is 58.5 Å². The van der Waals surface area contributed by atoms with E-state index in [2.05, 4.69) is 15.4 Å². The van der Waals surface area contributed by atoms with E-state index in [-0.39, 0.29) is 5.91 Å². The smallest absolute Gasteiger partial charge is 0.236 e. The summed E-state index contributed by atoms with van der Waals surface area (Å²) < 4.78 is 7.13. The SMILES string of the molecule is Cc1cc(NC(=O)C2(c3ccc(Cl)cc3)CCCC2)n(-c2nc(-c3ccco3)cs2)n1. The Kier molecular flexibility index (Phi) is 5.16. The highest BCUT2D eigenvalue weighted by Gasteiger charge is 2.43. The molecule has 0 bridgehead atoms. The molecule has 8 heteroatoms. The number of aromatic nitrogens is 3. The fourth-order valence-electron chi connectivity index (χ4n) is 4.26. The average molecular weight is 453 g/mol.